The van der Waals surface area contributed by atoms with Crippen molar-refractivity contribution >= 4 is 36.2 Å². The Balaban J connectivity index is 1.15. The van der Waals surface area contributed by atoms with E-state index in [0.29, 0.717) is 46.6 Å². The summed E-state index contributed by atoms with van der Waals surface area (Å²) in [7, 11) is 2.91. The van der Waals surface area contributed by atoms with Gasteiger partial charge in [-0.05, 0) is 84.6 Å². The summed E-state index contributed by atoms with van der Waals surface area (Å²) in [5.41, 5.74) is 6.95. The largest absolute Gasteiger partial charge is 0.493 e. The number of esters is 2. The fourth-order valence-corrected chi connectivity index (χ4v) is 4.20. The molecule has 2 N–H and O–H groups in total. The van der Waals surface area contributed by atoms with Gasteiger partial charge in [0.1, 0.15) is 0 Å². The molecule has 0 saturated heterocycles. The molecule has 48 heavy (non-hydrogen) atoms. The molecule has 0 aromatic heterocycles. The highest BCUT2D eigenvalue weighted by Crippen LogP contribution is 2.29. The number of methoxy groups -OCH3 is 2. The first-order valence-electron chi connectivity index (χ1n) is 14.9. The van der Waals surface area contributed by atoms with Crippen molar-refractivity contribution in [1.82, 2.24) is 10.9 Å². The maximum Gasteiger partial charge on any atom is 0.343 e. The topological polar surface area (TPSA) is 154 Å². The first kappa shape index (κ1) is 34.6. The van der Waals surface area contributed by atoms with Gasteiger partial charge in [-0.25, -0.2) is 20.4 Å². The van der Waals surface area contributed by atoms with E-state index in [1.807, 2.05) is 0 Å². The molecule has 0 atom stereocenters. The van der Waals surface area contributed by atoms with Crippen LogP contribution in [0.25, 0.3) is 0 Å². The summed E-state index contributed by atoms with van der Waals surface area (Å²) < 4.78 is 21.5. The summed E-state index contributed by atoms with van der Waals surface area (Å²) in [5, 5.41) is 7.93. The van der Waals surface area contributed by atoms with Crippen LogP contribution in [-0.4, -0.2) is 50.4 Å². The van der Waals surface area contributed by atoms with Crippen LogP contribution in [0, 0.1) is 0 Å². The molecule has 0 heterocycles. The van der Waals surface area contributed by atoms with Gasteiger partial charge in [-0.15, -0.1) is 0 Å². The van der Waals surface area contributed by atoms with Crippen LogP contribution >= 0.6 is 0 Å². The number of hydrogen-bond acceptors (Lipinski definition) is 10. The molecule has 0 bridgehead atoms. The number of hydrazone groups is 2. The lowest BCUT2D eigenvalue weighted by molar-refractivity contribution is -0.123. The summed E-state index contributed by atoms with van der Waals surface area (Å²) in [6.45, 7) is 0. The first-order valence-corrected chi connectivity index (χ1v) is 14.9. The average molecular weight is 651 g/mol. The van der Waals surface area contributed by atoms with E-state index in [-0.39, 0.29) is 36.2 Å². The first-order chi connectivity index (χ1) is 23.4. The minimum atomic E-state index is -0.513. The molecular formula is C36H34N4O8. The zero-order valence-corrected chi connectivity index (χ0v) is 26.4. The monoisotopic (exact) mass is 650 g/mol. The molecular weight excluding hydrogens is 616 g/mol. The van der Waals surface area contributed by atoms with E-state index in [4.69, 9.17) is 18.9 Å². The Labute approximate surface area is 277 Å². The lowest BCUT2D eigenvalue weighted by Gasteiger charge is -2.10. The number of unbranched alkanes of at least 4 members (excludes halogenated alkanes) is 1. The third-order valence-electron chi connectivity index (χ3n) is 6.66. The Kier molecular flexibility index (Phi) is 13.0. The van der Waals surface area contributed by atoms with Gasteiger partial charge >= 0.3 is 11.9 Å². The van der Waals surface area contributed by atoms with Crippen LogP contribution in [0.4, 0.5) is 0 Å². The number of nitrogens with zero attached hydrogens (tertiary/aromatic N) is 2. The molecule has 0 saturated carbocycles. The van der Waals surface area contributed by atoms with Crippen molar-refractivity contribution in [3.63, 3.8) is 0 Å². The second-order valence-electron chi connectivity index (χ2n) is 10.1. The zero-order valence-electron chi connectivity index (χ0n) is 26.4. The van der Waals surface area contributed by atoms with Crippen LogP contribution in [0.3, 0.4) is 0 Å². The minimum Gasteiger partial charge on any atom is -0.493 e. The van der Waals surface area contributed by atoms with Crippen molar-refractivity contribution in [1.29, 1.82) is 0 Å². The standard InChI is InChI=1S/C36H34N4O8/c1-45-31-21-25(17-19-29(31)47-35(43)27-11-5-3-6-12-27)23-37-39-33(41)15-9-10-16-34(42)40-38-24-26-18-20-30(32(22-26)46-2)48-36(44)28-13-7-4-8-14-28/h3-8,11-14,17-24H,9-10,15-16H2,1-2H3,(H,39,41)(H,40,42)/b37-23-,38-24-. The van der Waals surface area contributed by atoms with Crippen LogP contribution in [0.2, 0.25) is 0 Å². The fraction of sp³-hybridized carbons (Fsp3) is 0.167. The van der Waals surface area contributed by atoms with Crippen molar-refractivity contribution < 1.29 is 38.1 Å². The van der Waals surface area contributed by atoms with Gasteiger partial charge in [0.15, 0.2) is 23.0 Å². The van der Waals surface area contributed by atoms with Gasteiger partial charge < -0.3 is 18.9 Å². The second-order valence-corrected chi connectivity index (χ2v) is 10.1. The summed E-state index contributed by atoms with van der Waals surface area (Å²) in [5.74, 6) is -0.482. The molecule has 246 valence electrons. The Morgan fingerprint density at radius 1 is 0.562 bits per heavy atom. The summed E-state index contributed by atoms with van der Waals surface area (Å²) in [4.78, 5) is 49.1. The van der Waals surface area contributed by atoms with E-state index in [1.165, 1.54) is 26.6 Å². The predicted octanol–water partition coefficient (Wildman–Crippen LogP) is 5.30. The van der Waals surface area contributed by atoms with E-state index < -0.39 is 11.9 Å². The summed E-state index contributed by atoms with van der Waals surface area (Å²) in [6, 6.07) is 26.9. The van der Waals surface area contributed by atoms with Crippen molar-refractivity contribution in [3.8, 4) is 23.0 Å². The number of rotatable bonds is 15. The van der Waals surface area contributed by atoms with Crippen LogP contribution in [0.5, 0.6) is 23.0 Å². The van der Waals surface area contributed by atoms with E-state index in [9.17, 15) is 19.2 Å². The molecule has 0 unspecified atom stereocenters. The number of benzene rings is 4. The minimum absolute atomic E-state index is 0.173. The van der Waals surface area contributed by atoms with E-state index >= 15 is 0 Å². The molecule has 4 rings (SSSR count). The molecule has 4 aromatic carbocycles. The number of amides is 2. The Hall–Kier alpha value is -6.30. The number of carbonyl (C=O) groups excluding carboxylic acids is 4. The molecule has 0 aliphatic rings. The average Bonchev–Trinajstić information content (AvgIpc) is 3.11. The van der Waals surface area contributed by atoms with Gasteiger partial charge in [0.05, 0.1) is 37.8 Å². The van der Waals surface area contributed by atoms with Gasteiger partial charge in [0, 0.05) is 12.8 Å². The number of hydrogen-bond donors (Lipinski definition) is 2. The molecule has 0 aliphatic heterocycles. The second kappa shape index (κ2) is 18.0. The molecule has 0 fully saturated rings. The van der Waals surface area contributed by atoms with Crippen LogP contribution in [0.1, 0.15) is 57.5 Å². The third-order valence-corrected chi connectivity index (χ3v) is 6.66. The van der Waals surface area contributed by atoms with E-state index in [1.54, 1.807) is 97.1 Å². The SMILES string of the molecule is COc1cc(/C=N\NC(=O)CCCCC(=O)N/N=C\c2ccc(OC(=O)c3ccccc3)c(OC)c2)ccc1OC(=O)c1ccccc1. The maximum absolute atomic E-state index is 12.4. The van der Waals surface area contributed by atoms with Crippen molar-refractivity contribution in [2.24, 2.45) is 10.2 Å². The highest BCUT2D eigenvalue weighted by molar-refractivity contribution is 5.92. The molecule has 12 nitrogen and oxygen atoms in total. The van der Waals surface area contributed by atoms with Gasteiger partial charge in [-0.3, -0.25) is 9.59 Å². The van der Waals surface area contributed by atoms with Crippen LogP contribution < -0.4 is 29.8 Å². The molecule has 2 amide bonds. The third kappa shape index (κ3) is 10.7. The molecule has 4 aromatic rings. The zero-order chi connectivity index (χ0) is 34.1. The Bertz CT molecular complexity index is 1640. The molecule has 0 aliphatic carbocycles. The van der Waals surface area contributed by atoms with Gasteiger partial charge in [-0.1, -0.05) is 36.4 Å². The number of carbonyl (C=O) groups is 4. The normalized spacial score (nSPS) is 10.8. The van der Waals surface area contributed by atoms with Gasteiger partial charge in [0.25, 0.3) is 0 Å². The molecule has 0 spiro atoms. The number of nitrogens with one attached hydrogen (secondary N) is 2. The molecule has 0 radical (unpaired) electrons. The molecule has 12 heteroatoms. The maximum atomic E-state index is 12.4. The van der Waals surface area contributed by atoms with E-state index in [2.05, 4.69) is 21.1 Å². The summed E-state index contributed by atoms with van der Waals surface area (Å²) in [6.07, 6.45) is 4.16. The smallest absolute Gasteiger partial charge is 0.343 e. The number of ether oxygens (including phenoxy) is 4. The Morgan fingerprint density at radius 3 is 1.33 bits per heavy atom. The summed E-state index contributed by atoms with van der Waals surface area (Å²) >= 11 is 0. The fourth-order valence-electron chi connectivity index (χ4n) is 4.20. The lowest BCUT2D eigenvalue weighted by Crippen LogP contribution is -2.19. The van der Waals surface area contributed by atoms with Crippen molar-refractivity contribution in [2.75, 3.05) is 14.2 Å². The van der Waals surface area contributed by atoms with E-state index in [0.717, 1.165) is 0 Å². The van der Waals surface area contributed by atoms with Crippen LogP contribution in [0.15, 0.2) is 107 Å². The highest BCUT2D eigenvalue weighted by atomic mass is 16.6. The quantitative estimate of drug-likeness (QED) is 0.0578. The van der Waals surface area contributed by atoms with Gasteiger partial charge in [-0.2, -0.15) is 10.2 Å². The van der Waals surface area contributed by atoms with Crippen LogP contribution in [-0.2, 0) is 9.59 Å². The predicted molar refractivity (Wildman–Crippen MR) is 179 cm³/mol. The highest BCUT2D eigenvalue weighted by Gasteiger charge is 2.14. The van der Waals surface area contributed by atoms with Gasteiger partial charge in [0.2, 0.25) is 11.8 Å². The van der Waals surface area contributed by atoms with Crippen molar-refractivity contribution in [2.45, 2.75) is 25.7 Å². The lowest BCUT2D eigenvalue weighted by atomic mass is 10.2. The van der Waals surface area contributed by atoms with Crippen molar-refractivity contribution in [3.05, 3.63) is 119 Å². The Morgan fingerprint density at radius 2 is 0.958 bits per heavy atom.